The van der Waals surface area contributed by atoms with Crippen LogP contribution in [0.2, 0.25) is 0 Å². The van der Waals surface area contributed by atoms with Crippen LogP contribution in [0.5, 0.6) is 0 Å². The van der Waals surface area contributed by atoms with Gasteiger partial charge in [0.2, 0.25) is 0 Å². The van der Waals surface area contributed by atoms with Gasteiger partial charge in [0, 0.05) is 49.9 Å². The molecular weight excluding hydrogens is 331 g/mol. The number of aliphatic hydroxyl groups is 3. The Hall–Kier alpha value is -1.35. The van der Waals surface area contributed by atoms with Crippen LogP contribution in [-0.2, 0) is 4.74 Å². The molecule has 126 valence electrons. The lowest BCUT2D eigenvalue weighted by Gasteiger charge is -2.17. The van der Waals surface area contributed by atoms with Gasteiger partial charge in [-0.25, -0.2) is 4.98 Å². The Labute approximate surface area is 156 Å². The molecule has 26 heavy (non-hydrogen) atoms. The van der Waals surface area contributed by atoms with Gasteiger partial charge in [0.05, 0.1) is 12.0 Å². The van der Waals surface area contributed by atoms with Crippen LogP contribution in [0.25, 0.3) is 11.0 Å². The zero-order valence-corrected chi connectivity index (χ0v) is 14.2. The summed E-state index contributed by atoms with van der Waals surface area (Å²) in [5.74, 6) is 0.439. The molecule has 0 bridgehead atoms. The van der Waals surface area contributed by atoms with E-state index in [9.17, 15) is 15.0 Å². The monoisotopic (exact) mass is 347 g/mol. The number of aromatic nitrogens is 3. The van der Waals surface area contributed by atoms with Gasteiger partial charge >= 0.3 is 0 Å². The molecule has 2 aromatic heterocycles. The van der Waals surface area contributed by atoms with Crippen LogP contribution >= 0.6 is 0 Å². The summed E-state index contributed by atoms with van der Waals surface area (Å²) in [6.07, 6.45) is -3.78. The molecule has 3 heterocycles. The fraction of sp³-hybridized carbons (Fsp3) is 0.500. The van der Waals surface area contributed by atoms with Crippen molar-refractivity contribution in [3.05, 3.63) is 28.4 Å². The van der Waals surface area contributed by atoms with Crippen molar-refractivity contribution >= 4 is 54.8 Å². The third-order valence-corrected chi connectivity index (χ3v) is 3.94. The van der Waals surface area contributed by atoms with Gasteiger partial charge in [0.25, 0.3) is 5.56 Å². The van der Waals surface area contributed by atoms with Crippen molar-refractivity contribution in [3.63, 3.8) is 0 Å². The first-order valence-electron chi connectivity index (χ1n) is 7.89. The maximum absolute atomic E-state index is 11.8. The number of aliphatic hydroxyl groups excluding tert-OH is 3. The molecule has 2 aromatic rings. The molecule has 8 radical (unpaired) electrons. The molecule has 1 aliphatic heterocycles. The number of fused-ring (bicyclic) bond motifs is 1. The van der Waals surface area contributed by atoms with E-state index in [1.807, 2.05) is 0 Å². The van der Waals surface area contributed by atoms with Crippen molar-refractivity contribution in [2.24, 2.45) is 0 Å². The van der Waals surface area contributed by atoms with Crippen molar-refractivity contribution in [1.29, 1.82) is 0 Å². The highest BCUT2D eigenvalue weighted by molar-refractivity contribution is 7.76. The van der Waals surface area contributed by atoms with Gasteiger partial charge in [-0.05, 0) is 13.0 Å². The average Bonchev–Trinajstić information content (AvgIpc) is 3.10. The maximum Gasteiger partial charge on any atom is 0.260 e. The fourth-order valence-electron chi connectivity index (χ4n) is 2.47. The number of hydrogen-bond donors (Lipinski definition) is 4. The molecule has 3 rings (SSSR count). The Balaban J connectivity index is 0.000000352. The van der Waals surface area contributed by atoms with Gasteiger partial charge in [0.1, 0.15) is 29.8 Å². The van der Waals surface area contributed by atoms with E-state index >= 15 is 0 Å². The normalized spacial score (nSPS) is 24.9. The van der Waals surface area contributed by atoms with E-state index in [1.54, 1.807) is 19.2 Å². The summed E-state index contributed by atoms with van der Waals surface area (Å²) in [5.41, 5.74) is 0.0825. The number of ether oxygens (including phenoxy) is 1. The summed E-state index contributed by atoms with van der Waals surface area (Å²) < 4.78 is 6.92. The molecule has 8 nitrogen and oxygen atoms in total. The van der Waals surface area contributed by atoms with Crippen LogP contribution < -0.4 is 5.56 Å². The summed E-state index contributed by atoms with van der Waals surface area (Å²) in [5, 5.41) is 29.2. The Bertz CT molecular complexity index is 793. The number of nitrogens with zero attached hydrogens (tertiary/aromatic N) is 2. The highest BCUT2D eigenvalue weighted by Crippen LogP contribution is 2.31. The Morgan fingerprint density at radius 1 is 1.27 bits per heavy atom. The lowest BCUT2D eigenvalue weighted by Crippen LogP contribution is -2.38. The van der Waals surface area contributed by atoms with Crippen molar-refractivity contribution in [1.82, 2.24) is 14.5 Å². The Morgan fingerprint density at radius 3 is 2.38 bits per heavy atom. The number of H-pyrrole nitrogens is 1. The predicted molar refractivity (Wildman–Crippen MR) is 103 cm³/mol. The minimum Gasteiger partial charge on any atom is -0.394 e. The second-order valence-electron chi connectivity index (χ2n) is 6.00. The molecule has 4 atom stereocenters. The Morgan fingerprint density at radius 2 is 1.88 bits per heavy atom. The standard InChI is InChI=1S/C12H15N3O5.B6/c1-5-13-10-6(11(19)14-5)2-3-15(10)12-9(18)8(17)7(4-16)20-12;1-5(2)6(3)4/h2-3,7-9,12,16-18H,4H2,1H3,(H,13,14,19);/t7-,8+,9?,12-;/m1./s1. The first kappa shape index (κ1) is 21.0. The molecule has 0 amide bonds. The summed E-state index contributed by atoms with van der Waals surface area (Å²) >= 11 is 0. The summed E-state index contributed by atoms with van der Waals surface area (Å²) in [7, 11) is 19.9. The van der Waals surface area contributed by atoms with E-state index in [4.69, 9.17) is 40.8 Å². The molecule has 0 aliphatic carbocycles. The van der Waals surface area contributed by atoms with Crippen molar-refractivity contribution in [2.45, 2.75) is 31.5 Å². The predicted octanol–water partition coefficient (Wildman–Crippen LogP) is -3.64. The molecule has 0 spiro atoms. The van der Waals surface area contributed by atoms with E-state index in [-0.39, 0.29) is 5.56 Å². The van der Waals surface area contributed by atoms with Crippen LogP contribution in [0.4, 0.5) is 0 Å². The zero-order valence-electron chi connectivity index (χ0n) is 14.2. The highest BCUT2D eigenvalue weighted by atomic mass is 16.6. The van der Waals surface area contributed by atoms with Crippen LogP contribution in [0, 0.1) is 6.92 Å². The molecule has 1 fully saturated rings. The van der Waals surface area contributed by atoms with Crippen LogP contribution in [0.15, 0.2) is 17.1 Å². The Kier molecular flexibility index (Phi) is 6.90. The van der Waals surface area contributed by atoms with E-state index in [2.05, 4.69) is 9.97 Å². The average molecular weight is 346 g/mol. The van der Waals surface area contributed by atoms with Crippen LogP contribution in [0.1, 0.15) is 12.1 Å². The van der Waals surface area contributed by atoms with Crippen molar-refractivity contribution < 1.29 is 20.1 Å². The van der Waals surface area contributed by atoms with Gasteiger partial charge < -0.3 is 29.6 Å². The number of rotatable bonds is 3. The van der Waals surface area contributed by atoms with Crippen molar-refractivity contribution in [3.8, 4) is 0 Å². The number of aryl methyl sites for hydroxylation is 1. The molecule has 0 saturated carbocycles. The summed E-state index contributed by atoms with van der Waals surface area (Å²) in [4.78, 5) is 18.6. The molecule has 1 aliphatic rings. The van der Waals surface area contributed by atoms with E-state index in [1.165, 1.54) is 4.57 Å². The number of aromatic amines is 1. The van der Waals surface area contributed by atoms with E-state index in [0.717, 1.165) is 0 Å². The molecule has 1 saturated heterocycles. The first-order valence-corrected chi connectivity index (χ1v) is 7.89. The minimum absolute atomic E-state index is 0.280. The van der Waals surface area contributed by atoms with Gasteiger partial charge in [-0.2, -0.15) is 0 Å². The third-order valence-electron chi connectivity index (χ3n) is 3.94. The SMILES string of the molecule is Cc1nc2c(ccn2[C@@H]2O[C@H](CO)[C@H](O)C2O)c(=O)[nH]1.[B]B([B])B([B])[B]. The first-order chi connectivity index (χ1) is 12.2. The fourth-order valence-corrected chi connectivity index (χ4v) is 2.47. The van der Waals surface area contributed by atoms with Gasteiger partial charge in [-0.15, -0.1) is 0 Å². The molecule has 14 heteroatoms. The molecule has 4 N–H and O–H groups in total. The smallest absolute Gasteiger partial charge is 0.260 e. The van der Waals surface area contributed by atoms with Crippen LogP contribution in [0.3, 0.4) is 0 Å². The van der Waals surface area contributed by atoms with Gasteiger partial charge in [-0.3, -0.25) is 4.79 Å². The van der Waals surface area contributed by atoms with Crippen LogP contribution in [-0.4, -0.2) is 98.5 Å². The number of hydrogen-bond acceptors (Lipinski definition) is 6. The van der Waals surface area contributed by atoms with Crippen molar-refractivity contribution in [2.75, 3.05) is 6.61 Å². The second-order valence-corrected chi connectivity index (χ2v) is 6.00. The molecule has 1 unspecified atom stereocenters. The van der Waals surface area contributed by atoms with Gasteiger partial charge in [-0.1, -0.05) is 0 Å². The number of nitrogens with one attached hydrogen (secondary N) is 1. The molecule has 0 aromatic carbocycles. The van der Waals surface area contributed by atoms with E-state index < -0.39 is 43.9 Å². The zero-order chi connectivity index (χ0) is 19.6. The topological polar surface area (TPSA) is 121 Å². The largest absolute Gasteiger partial charge is 0.394 e. The minimum atomic E-state index is -1.20. The lowest BCUT2D eigenvalue weighted by atomic mass is 8.81. The maximum atomic E-state index is 11.8. The highest BCUT2D eigenvalue weighted by Gasteiger charge is 2.43. The summed E-state index contributed by atoms with van der Waals surface area (Å²) in [6, 6.07) is 1.56. The summed E-state index contributed by atoms with van der Waals surface area (Å²) in [6.45, 7) is 1.25. The van der Waals surface area contributed by atoms with E-state index in [0.29, 0.717) is 16.9 Å². The quantitative estimate of drug-likeness (QED) is 0.426. The third kappa shape index (κ3) is 4.31. The lowest BCUT2D eigenvalue weighted by molar-refractivity contribution is -0.0508. The molecular formula is C12H15B6N3O5. The second kappa shape index (κ2) is 8.56. The van der Waals surface area contributed by atoms with Gasteiger partial charge in [0.15, 0.2) is 6.23 Å².